The molecular weight excluding hydrogens is 272 g/mol. The highest BCUT2D eigenvalue weighted by Crippen LogP contribution is 2.32. The molecule has 1 saturated carbocycles. The number of alkyl halides is 3. The molecule has 0 aliphatic heterocycles. The van der Waals surface area contributed by atoms with Gasteiger partial charge in [-0.3, -0.25) is 0 Å². The molecule has 2 rings (SSSR count). The van der Waals surface area contributed by atoms with E-state index >= 15 is 0 Å². The van der Waals surface area contributed by atoms with E-state index in [0.29, 0.717) is 6.07 Å². The van der Waals surface area contributed by atoms with Crippen molar-refractivity contribution in [2.45, 2.75) is 50.5 Å². The lowest BCUT2D eigenvalue weighted by Crippen LogP contribution is -2.37. The van der Waals surface area contributed by atoms with Gasteiger partial charge in [-0.2, -0.15) is 13.2 Å². The topological polar surface area (TPSA) is 38.0 Å². The summed E-state index contributed by atoms with van der Waals surface area (Å²) < 4.78 is 51.5. The highest BCUT2D eigenvalue weighted by Gasteiger charge is 2.33. The van der Waals surface area contributed by atoms with Crippen LogP contribution in [0, 0.1) is 5.82 Å². The zero-order valence-electron chi connectivity index (χ0n) is 11.0. The van der Waals surface area contributed by atoms with Crippen molar-refractivity contribution in [3.8, 4) is 0 Å². The number of halogens is 4. The fourth-order valence-corrected chi connectivity index (χ4v) is 2.54. The van der Waals surface area contributed by atoms with Gasteiger partial charge in [0.05, 0.1) is 5.56 Å². The van der Waals surface area contributed by atoms with Crippen LogP contribution in [0.15, 0.2) is 18.2 Å². The molecule has 1 aromatic carbocycles. The normalized spacial score (nSPS) is 23.9. The van der Waals surface area contributed by atoms with Crippen LogP contribution < -0.4 is 11.1 Å². The third-order valence-corrected chi connectivity index (χ3v) is 3.73. The van der Waals surface area contributed by atoms with Crippen molar-refractivity contribution in [1.29, 1.82) is 0 Å². The molecule has 1 aliphatic rings. The van der Waals surface area contributed by atoms with E-state index in [1.807, 2.05) is 0 Å². The van der Waals surface area contributed by atoms with Gasteiger partial charge in [-0.25, -0.2) is 4.39 Å². The molecule has 0 heterocycles. The van der Waals surface area contributed by atoms with Gasteiger partial charge in [0.1, 0.15) is 5.82 Å². The van der Waals surface area contributed by atoms with Gasteiger partial charge in [-0.15, -0.1) is 0 Å². The van der Waals surface area contributed by atoms with E-state index in [2.05, 4.69) is 5.32 Å². The van der Waals surface area contributed by atoms with Crippen molar-refractivity contribution < 1.29 is 17.6 Å². The lowest BCUT2D eigenvalue weighted by atomic mass is 9.91. The summed E-state index contributed by atoms with van der Waals surface area (Å²) in [6.45, 7) is 0.0923. The van der Waals surface area contributed by atoms with Gasteiger partial charge >= 0.3 is 6.18 Å². The van der Waals surface area contributed by atoms with Crippen LogP contribution in [0.3, 0.4) is 0 Å². The van der Waals surface area contributed by atoms with Gasteiger partial charge in [0.25, 0.3) is 0 Å². The Balaban J connectivity index is 2.02. The molecule has 0 bridgehead atoms. The zero-order chi connectivity index (χ0) is 14.8. The maximum atomic E-state index is 13.0. The number of rotatable bonds is 3. The molecule has 1 aliphatic carbocycles. The van der Waals surface area contributed by atoms with Gasteiger partial charge in [-0.1, -0.05) is 6.07 Å². The van der Waals surface area contributed by atoms with E-state index in [9.17, 15) is 17.6 Å². The summed E-state index contributed by atoms with van der Waals surface area (Å²) in [6, 6.07) is 3.18. The number of nitrogens with one attached hydrogen (secondary N) is 1. The third-order valence-electron chi connectivity index (χ3n) is 3.73. The molecule has 112 valence electrons. The second-order valence-corrected chi connectivity index (χ2v) is 5.29. The van der Waals surface area contributed by atoms with Crippen LogP contribution >= 0.6 is 0 Å². The molecule has 0 saturated heterocycles. The molecule has 20 heavy (non-hydrogen) atoms. The van der Waals surface area contributed by atoms with Crippen LogP contribution in [0.2, 0.25) is 0 Å². The minimum atomic E-state index is -4.53. The first-order valence-corrected chi connectivity index (χ1v) is 6.71. The van der Waals surface area contributed by atoms with Crippen LogP contribution in [-0.4, -0.2) is 12.1 Å². The number of hydrogen-bond donors (Lipinski definition) is 2. The quantitative estimate of drug-likeness (QED) is 0.839. The Morgan fingerprint density at radius 3 is 2.40 bits per heavy atom. The van der Waals surface area contributed by atoms with Gasteiger partial charge in [-0.05, 0) is 43.4 Å². The molecule has 0 aromatic heterocycles. The molecule has 0 atom stereocenters. The molecule has 1 fully saturated rings. The van der Waals surface area contributed by atoms with Crippen molar-refractivity contribution >= 4 is 0 Å². The number of hydrogen-bond acceptors (Lipinski definition) is 2. The predicted octanol–water partition coefficient (Wildman–Crippen LogP) is 3.20. The maximum absolute atomic E-state index is 13.0. The molecule has 0 unspecified atom stereocenters. The van der Waals surface area contributed by atoms with Crippen molar-refractivity contribution in [2.24, 2.45) is 5.73 Å². The summed E-state index contributed by atoms with van der Waals surface area (Å²) in [4.78, 5) is 0. The summed E-state index contributed by atoms with van der Waals surface area (Å²) in [5, 5.41) is 3.11. The average Bonchev–Trinajstić information content (AvgIpc) is 2.38. The summed E-state index contributed by atoms with van der Waals surface area (Å²) in [5.41, 5.74) is 4.96. The summed E-state index contributed by atoms with van der Waals surface area (Å²) >= 11 is 0. The monoisotopic (exact) mass is 290 g/mol. The van der Waals surface area contributed by atoms with E-state index in [1.165, 1.54) is 6.07 Å². The molecule has 2 nitrogen and oxygen atoms in total. The van der Waals surface area contributed by atoms with E-state index in [4.69, 9.17) is 5.73 Å². The second-order valence-electron chi connectivity index (χ2n) is 5.29. The highest BCUT2D eigenvalue weighted by molar-refractivity contribution is 5.30. The van der Waals surface area contributed by atoms with Gasteiger partial charge in [0, 0.05) is 18.6 Å². The molecule has 1 aromatic rings. The van der Waals surface area contributed by atoms with Gasteiger partial charge < -0.3 is 11.1 Å². The first-order valence-electron chi connectivity index (χ1n) is 6.71. The molecular formula is C14H18F4N2. The van der Waals surface area contributed by atoms with Crippen LogP contribution in [0.4, 0.5) is 17.6 Å². The van der Waals surface area contributed by atoms with Crippen molar-refractivity contribution in [3.63, 3.8) is 0 Å². The number of nitrogens with two attached hydrogens (primary N) is 1. The van der Waals surface area contributed by atoms with Crippen LogP contribution in [0.5, 0.6) is 0 Å². The van der Waals surface area contributed by atoms with E-state index < -0.39 is 17.6 Å². The largest absolute Gasteiger partial charge is 0.416 e. The highest BCUT2D eigenvalue weighted by atomic mass is 19.4. The lowest BCUT2D eigenvalue weighted by Gasteiger charge is -2.27. The van der Waals surface area contributed by atoms with E-state index in [0.717, 1.165) is 31.7 Å². The Hall–Kier alpha value is -1.14. The fraction of sp³-hybridized carbons (Fsp3) is 0.571. The average molecular weight is 290 g/mol. The Morgan fingerprint density at radius 1 is 1.15 bits per heavy atom. The summed E-state index contributed by atoms with van der Waals surface area (Å²) in [5.74, 6) is -0.871. The summed E-state index contributed by atoms with van der Waals surface area (Å²) in [7, 11) is 0. The Kier molecular flexibility index (Phi) is 4.65. The van der Waals surface area contributed by atoms with Gasteiger partial charge in [0.15, 0.2) is 0 Å². The Bertz CT molecular complexity index is 451. The number of benzene rings is 1. The minimum absolute atomic E-state index is 0.0776. The second kappa shape index (κ2) is 6.10. The Labute approximate surface area is 115 Å². The standard InChI is InChI=1S/C14H18F4N2/c15-10-2-1-9(13(7-10)14(16,17)18)8-20-12-5-3-11(19)4-6-12/h1-2,7,11-12,20H,3-6,8,19H2. The predicted molar refractivity (Wildman–Crippen MR) is 68.5 cm³/mol. The minimum Gasteiger partial charge on any atom is -0.328 e. The van der Waals surface area contributed by atoms with Crippen LogP contribution in [0.25, 0.3) is 0 Å². The smallest absolute Gasteiger partial charge is 0.328 e. The fourth-order valence-electron chi connectivity index (χ4n) is 2.54. The molecule has 0 spiro atoms. The van der Waals surface area contributed by atoms with Crippen LogP contribution in [-0.2, 0) is 12.7 Å². The van der Waals surface area contributed by atoms with Crippen molar-refractivity contribution in [1.82, 2.24) is 5.32 Å². The van der Waals surface area contributed by atoms with E-state index in [1.54, 1.807) is 0 Å². The molecule has 0 radical (unpaired) electrons. The molecule has 0 amide bonds. The first kappa shape index (κ1) is 15.3. The molecule has 3 N–H and O–H groups in total. The zero-order valence-corrected chi connectivity index (χ0v) is 11.0. The Morgan fingerprint density at radius 2 is 1.80 bits per heavy atom. The molecule has 6 heteroatoms. The first-order chi connectivity index (χ1) is 9.36. The lowest BCUT2D eigenvalue weighted by molar-refractivity contribution is -0.138. The van der Waals surface area contributed by atoms with Gasteiger partial charge in [0.2, 0.25) is 0 Å². The maximum Gasteiger partial charge on any atom is 0.416 e. The third kappa shape index (κ3) is 3.93. The van der Waals surface area contributed by atoms with Crippen LogP contribution in [0.1, 0.15) is 36.8 Å². The van der Waals surface area contributed by atoms with E-state index in [-0.39, 0.29) is 24.2 Å². The van der Waals surface area contributed by atoms with Crippen molar-refractivity contribution in [2.75, 3.05) is 0 Å². The summed E-state index contributed by atoms with van der Waals surface area (Å²) in [6.07, 6.45) is -1.04. The SMILES string of the molecule is NC1CCC(NCc2ccc(F)cc2C(F)(F)F)CC1. The van der Waals surface area contributed by atoms with Crippen molar-refractivity contribution in [3.05, 3.63) is 35.1 Å².